The van der Waals surface area contributed by atoms with Gasteiger partial charge in [-0.05, 0) is 29.7 Å². The summed E-state index contributed by atoms with van der Waals surface area (Å²) in [5.41, 5.74) is -0.190. The van der Waals surface area contributed by atoms with Gasteiger partial charge in [-0.3, -0.25) is 4.79 Å². The van der Waals surface area contributed by atoms with Crippen molar-refractivity contribution in [1.29, 1.82) is 0 Å². The number of carboxylic acids is 1. The number of hydrogen-bond acceptors (Lipinski definition) is 5. The van der Waals surface area contributed by atoms with E-state index in [9.17, 15) is 4.79 Å². The molecule has 88 valence electrons. The fraction of sp³-hybridized carbons (Fsp3) is 0.778. The van der Waals surface area contributed by atoms with Crippen LogP contribution in [0.1, 0.15) is 25.1 Å². The van der Waals surface area contributed by atoms with Gasteiger partial charge in [0, 0.05) is 13.5 Å². The number of ether oxygens (including phenoxy) is 1. The molecule has 1 aliphatic rings. The molecule has 1 heterocycles. The third-order valence-corrected chi connectivity index (χ3v) is 3.07. The number of rotatable bonds is 5. The summed E-state index contributed by atoms with van der Waals surface area (Å²) in [7, 11) is 1.67. The summed E-state index contributed by atoms with van der Waals surface area (Å²) in [5.74, 6) is -0.377. The van der Waals surface area contributed by atoms with Crippen LogP contribution in [0, 0.1) is 0 Å². The van der Waals surface area contributed by atoms with E-state index >= 15 is 0 Å². The number of aromatic nitrogens is 4. The SMILES string of the molecule is COC1(Cc2nnnn2CC(=O)O)CCC1. The van der Waals surface area contributed by atoms with Gasteiger partial charge in [0.2, 0.25) is 0 Å². The first-order chi connectivity index (χ1) is 7.65. The van der Waals surface area contributed by atoms with E-state index in [4.69, 9.17) is 9.84 Å². The summed E-state index contributed by atoms with van der Waals surface area (Å²) >= 11 is 0. The lowest BCUT2D eigenvalue weighted by atomic mass is 9.77. The zero-order valence-electron chi connectivity index (χ0n) is 9.09. The van der Waals surface area contributed by atoms with Crippen LogP contribution < -0.4 is 0 Å². The minimum Gasteiger partial charge on any atom is -0.480 e. The van der Waals surface area contributed by atoms with Crippen molar-refractivity contribution >= 4 is 5.97 Å². The predicted molar refractivity (Wildman–Crippen MR) is 52.7 cm³/mol. The van der Waals surface area contributed by atoms with Crippen molar-refractivity contribution < 1.29 is 14.6 Å². The second kappa shape index (κ2) is 4.17. The van der Waals surface area contributed by atoms with E-state index in [1.165, 1.54) is 4.68 Å². The molecule has 0 radical (unpaired) electrons. The molecule has 1 aromatic rings. The van der Waals surface area contributed by atoms with Crippen LogP contribution in [0.2, 0.25) is 0 Å². The highest BCUT2D eigenvalue weighted by molar-refractivity contribution is 5.66. The fourth-order valence-corrected chi connectivity index (χ4v) is 1.91. The molecule has 1 saturated carbocycles. The van der Waals surface area contributed by atoms with Gasteiger partial charge >= 0.3 is 5.97 Å². The Balaban J connectivity index is 2.09. The van der Waals surface area contributed by atoms with Crippen LogP contribution in [0.3, 0.4) is 0 Å². The molecule has 1 N–H and O–H groups in total. The zero-order valence-corrected chi connectivity index (χ0v) is 9.09. The minimum absolute atomic E-state index is 0.190. The van der Waals surface area contributed by atoms with Gasteiger partial charge < -0.3 is 9.84 Å². The largest absolute Gasteiger partial charge is 0.480 e. The molecule has 0 spiro atoms. The molecule has 7 heteroatoms. The predicted octanol–water partition coefficient (Wildman–Crippen LogP) is -0.131. The summed E-state index contributed by atoms with van der Waals surface area (Å²) in [4.78, 5) is 10.6. The highest BCUT2D eigenvalue weighted by atomic mass is 16.5. The maximum atomic E-state index is 10.6. The number of hydrogen-bond donors (Lipinski definition) is 1. The maximum Gasteiger partial charge on any atom is 0.325 e. The molecular formula is C9H14N4O3. The molecule has 0 unspecified atom stereocenters. The maximum absolute atomic E-state index is 10.6. The van der Waals surface area contributed by atoms with Crippen LogP contribution in [0.15, 0.2) is 0 Å². The van der Waals surface area contributed by atoms with Gasteiger partial charge in [-0.1, -0.05) is 0 Å². The fourth-order valence-electron chi connectivity index (χ4n) is 1.91. The summed E-state index contributed by atoms with van der Waals surface area (Å²) in [5, 5.41) is 19.7. The molecule has 0 aliphatic heterocycles. The number of carbonyl (C=O) groups is 1. The average Bonchev–Trinajstić information content (AvgIpc) is 2.58. The number of aliphatic carboxylic acids is 1. The van der Waals surface area contributed by atoms with Crippen molar-refractivity contribution in [2.24, 2.45) is 0 Å². The van der Waals surface area contributed by atoms with Crippen molar-refractivity contribution in [3.05, 3.63) is 5.82 Å². The molecule has 2 rings (SSSR count). The van der Waals surface area contributed by atoms with Gasteiger partial charge in [0.25, 0.3) is 0 Å². The molecule has 1 fully saturated rings. The van der Waals surface area contributed by atoms with Gasteiger partial charge in [-0.25, -0.2) is 4.68 Å². The zero-order chi connectivity index (χ0) is 11.6. The Morgan fingerprint density at radius 2 is 2.38 bits per heavy atom. The molecular weight excluding hydrogens is 212 g/mol. The topological polar surface area (TPSA) is 90.1 Å². The van der Waals surface area contributed by atoms with E-state index in [2.05, 4.69) is 15.5 Å². The lowest BCUT2D eigenvalue weighted by molar-refractivity contribution is -0.138. The first-order valence-electron chi connectivity index (χ1n) is 5.17. The Labute approximate surface area is 92.4 Å². The lowest BCUT2D eigenvalue weighted by Crippen LogP contribution is -2.42. The van der Waals surface area contributed by atoms with E-state index in [0.29, 0.717) is 12.2 Å². The lowest BCUT2D eigenvalue weighted by Gasteiger charge is -2.39. The monoisotopic (exact) mass is 226 g/mol. The Hall–Kier alpha value is -1.50. The molecule has 0 aromatic carbocycles. The summed E-state index contributed by atoms with van der Waals surface area (Å²) < 4.78 is 6.76. The van der Waals surface area contributed by atoms with Gasteiger partial charge in [-0.2, -0.15) is 0 Å². The first-order valence-corrected chi connectivity index (χ1v) is 5.17. The van der Waals surface area contributed by atoms with Crippen molar-refractivity contribution in [2.45, 2.75) is 37.8 Å². The van der Waals surface area contributed by atoms with Crippen molar-refractivity contribution in [3.63, 3.8) is 0 Å². The Bertz CT molecular complexity index is 380. The molecule has 0 atom stereocenters. The standard InChI is InChI=1S/C9H14N4O3/c1-16-9(3-2-4-9)5-7-10-11-12-13(7)6-8(14)15/h2-6H2,1H3,(H,14,15). The molecule has 7 nitrogen and oxygen atoms in total. The van der Waals surface area contributed by atoms with E-state index in [1.807, 2.05) is 0 Å². The van der Waals surface area contributed by atoms with Gasteiger partial charge in [0.15, 0.2) is 5.82 Å². The first kappa shape index (κ1) is 11.0. The average molecular weight is 226 g/mol. The number of methoxy groups -OCH3 is 1. The number of carboxylic acid groups (broad SMARTS) is 1. The number of nitrogens with zero attached hydrogens (tertiary/aromatic N) is 4. The molecule has 0 saturated heterocycles. The van der Waals surface area contributed by atoms with Crippen LogP contribution >= 0.6 is 0 Å². The molecule has 1 aliphatic carbocycles. The van der Waals surface area contributed by atoms with Crippen LogP contribution in [-0.4, -0.2) is 44.0 Å². The van der Waals surface area contributed by atoms with E-state index in [-0.39, 0.29) is 12.1 Å². The van der Waals surface area contributed by atoms with Crippen molar-refractivity contribution in [2.75, 3.05) is 7.11 Å². The molecule has 0 bridgehead atoms. The third kappa shape index (κ3) is 2.04. The minimum atomic E-state index is -0.950. The quantitative estimate of drug-likeness (QED) is 0.752. The van der Waals surface area contributed by atoms with Crippen LogP contribution in [0.25, 0.3) is 0 Å². The van der Waals surface area contributed by atoms with Crippen LogP contribution in [0.4, 0.5) is 0 Å². The summed E-state index contributed by atoms with van der Waals surface area (Å²) in [6.45, 7) is -0.206. The highest BCUT2D eigenvalue weighted by Crippen LogP contribution is 2.37. The van der Waals surface area contributed by atoms with Gasteiger partial charge in [0.05, 0.1) is 5.60 Å². The highest BCUT2D eigenvalue weighted by Gasteiger charge is 2.38. The van der Waals surface area contributed by atoms with Gasteiger partial charge in [-0.15, -0.1) is 5.10 Å². The Kier molecular flexibility index (Phi) is 2.86. The van der Waals surface area contributed by atoms with Crippen molar-refractivity contribution in [1.82, 2.24) is 20.2 Å². The smallest absolute Gasteiger partial charge is 0.325 e. The van der Waals surface area contributed by atoms with Crippen LogP contribution in [0.5, 0.6) is 0 Å². The summed E-state index contributed by atoms with van der Waals surface area (Å²) in [6.07, 6.45) is 3.66. The summed E-state index contributed by atoms with van der Waals surface area (Å²) in [6, 6.07) is 0. The Morgan fingerprint density at radius 3 is 2.88 bits per heavy atom. The van der Waals surface area contributed by atoms with Crippen LogP contribution in [-0.2, 0) is 22.5 Å². The van der Waals surface area contributed by atoms with Crippen molar-refractivity contribution in [3.8, 4) is 0 Å². The van der Waals surface area contributed by atoms with E-state index < -0.39 is 5.97 Å². The molecule has 0 amide bonds. The number of tetrazole rings is 1. The second-order valence-electron chi connectivity index (χ2n) is 4.06. The second-order valence-corrected chi connectivity index (χ2v) is 4.06. The third-order valence-electron chi connectivity index (χ3n) is 3.07. The van der Waals surface area contributed by atoms with Gasteiger partial charge in [0.1, 0.15) is 6.54 Å². The Morgan fingerprint density at radius 1 is 1.62 bits per heavy atom. The van der Waals surface area contributed by atoms with E-state index in [0.717, 1.165) is 19.3 Å². The molecule has 1 aromatic heterocycles. The molecule has 16 heavy (non-hydrogen) atoms. The van der Waals surface area contributed by atoms with E-state index in [1.54, 1.807) is 7.11 Å². The normalized spacial score (nSPS) is 18.1.